The molecule has 1 atom stereocenters. The third kappa shape index (κ3) is 4.70. The largest absolute Gasteiger partial charge is 0.312 e. The number of anilines is 2. The van der Waals surface area contributed by atoms with Crippen molar-refractivity contribution in [3.63, 3.8) is 0 Å². The quantitative estimate of drug-likeness (QED) is 0.571. The Morgan fingerprint density at radius 2 is 1.94 bits per heavy atom. The minimum atomic E-state index is -3.76. The first-order valence-corrected chi connectivity index (χ1v) is 14.1. The van der Waals surface area contributed by atoms with Gasteiger partial charge in [0.1, 0.15) is 0 Å². The van der Waals surface area contributed by atoms with E-state index in [-0.39, 0.29) is 23.3 Å². The molecule has 0 bridgehead atoms. The molecular weight excluding hydrogens is 484 g/mol. The monoisotopic (exact) mass is 512 g/mol. The minimum Gasteiger partial charge on any atom is -0.312 e. The van der Waals surface area contributed by atoms with Crippen LogP contribution in [0.5, 0.6) is 0 Å². The van der Waals surface area contributed by atoms with Gasteiger partial charge >= 0.3 is 0 Å². The van der Waals surface area contributed by atoms with Crippen LogP contribution in [0.1, 0.15) is 37.3 Å². The van der Waals surface area contributed by atoms with Gasteiger partial charge in [-0.15, -0.1) is 0 Å². The smallest absolute Gasteiger partial charge is 0.243 e. The number of benzene rings is 2. The van der Waals surface area contributed by atoms with E-state index in [2.05, 4.69) is 10.3 Å². The molecule has 0 saturated carbocycles. The molecule has 0 spiro atoms. The van der Waals surface area contributed by atoms with Gasteiger partial charge in [-0.3, -0.25) is 9.59 Å². The topological polar surface area (TPSA) is 99.7 Å². The molecule has 0 aliphatic carbocycles. The highest BCUT2D eigenvalue weighted by Crippen LogP contribution is 2.32. The fourth-order valence-corrected chi connectivity index (χ4v) is 7.42. The van der Waals surface area contributed by atoms with Crippen LogP contribution in [-0.4, -0.2) is 49.2 Å². The number of fused-ring (bicyclic) bond motifs is 2. The second-order valence-corrected chi connectivity index (χ2v) is 12.2. The highest BCUT2D eigenvalue weighted by molar-refractivity contribution is 7.89. The van der Waals surface area contributed by atoms with E-state index in [4.69, 9.17) is 0 Å². The fraction of sp³-hybridized carbons (Fsp3) is 0.400. The van der Waals surface area contributed by atoms with Gasteiger partial charge in [0.05, 0.1) is 21.0 Å². The van der Waals surface area contributed by atoms with Crippen molar-refractivity contribution in [1.29, 1.82) is 0 Å². The first kappa shape index (κ1) is 23.9. The molecule has 2 aliphatic rings. The van der Waals surface area contributed by atoms with E-state index in [9.17, 15) is 18.0 Å². The molecule has 1 fully saturated rings. The number of rotatable bonds is 4. The van der Waals surface area contributed by atoms with E-state index in [0.717, 1.165) is 39.9 Å². The summed E-state index contributed by atoms with van der Waals surface area (Å²) < 4.78 is 29.4. The lowest BCUT2D eigenvalue weighted by molar-refractivity contribution is -0.121. The van der Waals surface area contributed by atoms with Crippen LogP contribution in [0.4, 0.5) is 10.8 Å². The van der Waals surface area contributed by atoms with Crippen molar-refractivity contribution in [3.8, 4) is 0 Å². The molecule has 2 aromatic carbocycles. The zero-order valence-corrected chi connectivity index (χ0v) is 21.4. The summed E-state index contributed by atoms with van der Waals surface area (Å²) in [6.45, 7) is 4.69. The summed E-state index contributed by atoms with van der Waals surface area (Å²) in [4.78, 5) is 31.4. The van der Waals surface area contributed by atoms with Gasteiger partial charge in [0.25, 0.3) is 0 Å². The first-order valence-electron chi connectivity index (χ1n) is 11.8. The van der Waals surface area contributed by atoms with Crippen LogP contribution >= 0.6 is 11.3 Å². The average Bonchev–Trinajstić information content (AvgIpc) is 3.24. The average molecular weight is 513 g/mol. The normalized spacial score (nSPS) is 18.9. The summed E-state index contributed by atoms with van der Waals surface area (Å²) in [5.74, 6) is -0.698. The second kappa shape index (κ2) is 9.33. The van der Waals surface area contributed by atoms with E-state index in [0.29, 0.717) is 31.1 Å². The number of hydrogen-bond acceptors (Lipinski definition) is 6. The summed E-state index contributed by atoms with van der Waals surface area (Å²) in [5, 5.41) is 3.43. The van der Waals surface area contributed by atoms with Crippen molar-refractivity contribution < 1.29 is 18.0 Å². The zero-order valence-electron chi connectivity index (χ0n) is 19.8. The Morgan fingerprint density at radius 3 is 2.74 bits per heavy atom. The molecule has 8 nitrogen and oxygen atoms in total. The van der Waals surface area contributed by atoms with Gasteiger partial charge in [-0.05, 0) is 74.1 Å². The van der Waals surface area contributed by atoms with Crippen LogP contribution in [0.2, 0.25) is 0 Å². The zero-order chi connectivity index (χ0) is 24.7. The number of amides is 2. The Hall–Kier alpha value is -2.82. The number of carbonyl (C=O) groups is 2. The van der Waals surface area contributed by atoms with Crippen molar-refractivity contribution in [2.24, 2.45) is 5.92 Å². The highest BCUT2D eigenvalue weighted by Gasteiger charge is 2.34. The van der Waals surface area contributed by atoms with Crippen LogP contribution < -0.4 is 10.2 Å². The van der Waals surface area contributed by atoms with Gasteiger partial charge < -0.3 is 10.2 Å². The first-order chi connectivity index (χ1) is 16.7. The van der Waals surface area contributed by atoms with Gasteiger partial charge in [-0.1, -0.05) is 17.4 Å². The molecule has 2 aliphatic heterocycles. The van der Waals surface area contributed by atoms with Crippen molar-refractivity contribution in [1.82, 2.24) is 9.29 Å². The molecule has 2 amide bonds. The Morgan fingerprint density at radius 1 is 1.11 bits per heavy atom. The van der Waals surface area contributed by atoms with E-state index < -0.39 is 15.9 Å². The fourth-order valence-electron chi connectivity index (χ4n) is 4.88. The Kier molecular flexibility index (Phi) is 6.37. The van der Waals surface area contributed by atoms with Crippen LogP contribution in [0.3, 0.4) is 0 Å². The van der Waals surface area contributed by atoms with E-state index in [1.54, 1.807) is 23.1 Å². The molecular formula is C25H28N4O4S2. The number of hydrogen-bond donors (Lipinski definition) is 1. The molecule has 0 unspecified atom stereocenters. The lowest BCUT2D eigenvalue weighted by atomic mass is 9.99. The Labute approximate surface area is 209 Å². The number of thiazole rings is 1. The number of nitrogens with one attached hydrogen (secondary N) is 1. The molecule has 35 heavy (non-hydrogen) atoms. The molecule has 0 radical (unpaired) electrons. The van der Waals surface area contributed by atoms with Gasteiger partial charge in [-0.2, -0.15) is 4.31 Å². The third-order valence-electron chi connectivity index (χ3n) is 6.72. The molecule has 1 saturated heterocycles. The molecule has 184 valence electrons. The number of aromatic nitrogens is 1. The van der Waals surface area contributed by atoms with Crippen LogP contribution in [0, 0.1) is 12.8 Å². The summed E-state index contributed by atoms with van der Waals surface area (Å²) in [6.07, 6.45) is 2.77. The summed E-state index contributed by atoms with van der Waals surface area (Å²) >= 11 is 1.42. The van der Waals surface area contributed by atoms with Crippen LogP contribution in [0.25, 0.3) is 10.2 Å². The summed E-state index contributed by atoms with van der Waals surface area (Å²) in [5.41, 5.74) is 3.61. The predicted molar refractivity (Wildman–Crippen MR) is 137 cm³/mol. The molecule has 1 aromatic heterocycles. The van der Waals surface area contributed by atoms with Gasteiger partial charge in [0.15, 0.2) is 5.13 Å². The van der Waals surface area contributed by atoms with Crippen LogP contribution in [-0.2, 0) is 26.0 Å². The predicted octanol–water partition coefficient (Wildman–Crippen LogP) is 3.94. The SMILES string of the molecule is CC(=O)N1CCCc2cc(S(=O)(=O)N3CCC[C@H](C(=O)Nc4nc5ccc(C)cc5s4)C3)ccc21. The minimum absolute atomic E-state index is 0.0466. The molecule has 3 heterocycles. The lowest BCUT2D eigenvalue weighted by Crippen LogP contribution is -2.43. The molecule has 5 rings (SSSR count). The number of piperidine rings is 1. The van der Waals surface area contributed by atoms with Gasteiger partial charge in [-0.25, -0.2) is 13.4 Å². The number of sulfonamides is 1. The standard InChI is InChI=1S/C25H28N4O4S2/c1-16-7-9-21-23(13-16)34-25(26-21)27-24(31)19-6-3-11-28(15-19)35(32,33)20-8-10-22-18(14-20)5-4-12-29(22)17(2)30/h7-10,13-14,19H,3-6,11-12,15H2,1-2H3,(H,26,27,31)/t19-/m0/s1. The number of nitrogens with zero attached hydrogens (tertiary/aromatic N) is 3. The number of aryl methyl sites for hydroxylation is 2. The van der Waals surface area contributed by atoms with Crippen LogP contribution in [0.15, 0.2) is 41.3 Å². The van der Waals surface area contributed by atoms with Crippen molar-refractivity contribution in [2.45, 2.75) is 44.4 Å². The van der Waals surface area contributed by atoms with Crippen molar-refractivity contribution in [3.05, 3.63) is 47.5 Å². The summed E-state index contributed by atoms with van der Waals surface area (Å²) in [7, 11) is -3.76. The second-order valence-electron chi connectivity index (χ2n) is 9.25. The van der Waals surface area contributed by atoms with Crippen molar-refractivity contribution in [2.75, 3.05) is 29.9 Å². The Balaban J connectivity index is 1.32. The molecule has 10 heteroatoms. The van der Waals surface area contributed by atoms with Gasteiger partial charge in [0.2, 0.25) is 21.8 Å². The molecule has 3 aromatic rings. The van der Waals surface area contributed by atoms with E-state index >= 15 is 0 Å². The maximum atomic E-state index is 13.5. The van der Waals surface area contributed by atoms with E-state index in [1.807, 2.05) is 25.1 Å². The summed E-state index contributed by atoms with van der Waals surface area (Å²) in [6, 6.07) is 10.9. The maximum Gasteiger partial charge on any atom is 0.243 e. The molecule has 1 N–H and O–H groups in total. The maximum absolute atomic E-state index is 13.5. The Bertz CT molecular complexity index is 1420. The van der Waals surface area contributed by atoms with Crippen molar-refractivity contribution >= 4 is 54.2 Å². The number of carbonyl (C=O) groups excluding carboxylic acids is 2. The van der Waals surface area contributed by atoms with Gasteiger partial charge in [0, 0.05) is 32.2 Å². The lowest BCUT2D eigenvalue weighted by Gasteiger charge is -2.32. The third-order valence-corrected chi connectivity index (χ3v) is 9.51. The van der Waals surface area contributed by atoms with E-state index in [1.165, 1.54) is 22.6 Å². The highest BCUT2D eigenvalue weighted by atomic mass is 32.2.